The van der Waals surface area contributed by atoms with E-state index in [0.717, 1.165) is 35.3 Å². The normalized spacial score (nSPS) is 21.4. The second-order valence-corrected chi connectivity index (χ2v) is 10.3. The number of aryl methyl sites for hydroxylation is 1. The highest BCUT2D eigenvalue weighted by molar-refractivity contribution is 6.00. The highest BCUT2D eigenvalue weighted by Gasteiger charge is 2.35. The molecule has 2 aromatic heterocycles. The van der Waals surface area contributed by atoms with Crippen molar-refractivity contribution < 1.29 is 23.4 Å². The monoisotopic (exact) mass is 493 g/mol. The Bertz CT molecular complexity index is 1460. The third-order valence-electron chi connectivity index (χ3n) is 8.18. The summed E-state index contributed by atoms with van der Waals surface area (Å²) in [6.45, 7) is 3.00. The van der Waals surface area contributed by atoms with Crippen LogP contribution in [0.4, 0.5) is 8.78 Å². The van der Waals surface area contributed by atoms with E-state index in [9.17, 15) is 14.3 Å². The van der Waals surface area contributed by atoms with Crippen LogP contribution in [0, 0.1) is 24.5 Å². The minimum atomic E-state index is -0.757. The third kappa shape index (κ3) is 3.70. The van der Waals surface area contributed by atoms with Crippen molar-refractivity contribution in [2.45, 2.75) is 57.3 Å². The van der Waals surface area contributed by atoms with Crippen LogP contribution in [-0.2, 0) is 9.53 Å². The van der Waals surface area contributed by atoms with E-state index in [4.69, 9.17) is 4.74 Å². The topological polar surface area (TPSA) is 80.1 Å². The Balaban J connectivity index is 1.66. The van der Waals surface area contributed by atoms with Gasteiger partial charge in [0.15, 0.2) is 5.82 Å². The summed E-state index contributed by atoms with van der Waals surface area (Å²) in [5.74, 6) is -1.53. The molecule has 2 aliphatic rings. The fraction of sp³-hybridized carbons (Fsp3) is 0.429. The summed E-state index contributed by atoms with van der Waals surface area (Å²) in [4.78, 5) is 11.6. The van der Waals surface area contributed by atoms with Crippen molar-refractivity contribution in [1.82, 2.24) is 14.8 Å². The van der Waals surface area contributed by atoms with E-state index in [2.05, 4.69) is 14.8 Å². The molecule has 6 rings (SSSR count). The van der Waals surface area contributed by atoms with Gasteiger partial charge in [0.25, 0.3) is 0 Å². The number of carboxylic acid groups (broad SMARTS) is 1. The van der Waals surface area contributed by atoms with Crippen molar-refractivity contribution in [2.75, 3.05) is 13.2 Å². The lowest BCUT2D eigenvalue weighted by molar-refractivity contribution is -0.142. The number of hydrogen-bond acceptors (Lipinski definition) is 3. The van der Waals surface area contributed by atoms with Crippen LogP contribution in [-0.4, -0.2) is 39.1 Å². The number of H-pyrrole nitrogens is 1. The van der Waals surface area contributed by atoms with Crippen molar-refractivity contribution in [3.05, 3.63) is 58.9 Å². The number of benzene rings is 2. The predicted molar refractivity (Wildman–Crippen MR) is 133 cm³/mol. The van der Waals surface area contributed by atoms with Crippen LogP contribution in [0.15, 0.2) is 30.5 Å². The number of halogens is 2. The molecule has 0 spiro atoms. The number of carboxylic acids is 1. The molecule has 1 aliphatic carbocycles. The smallest absolute Gasteiger partial charge is 0.306 e. The Morgan fingerprint density at radius 2 is 1.83 bits per heavy atom. The van der Waals surface area contributed by atoms with Crippen LogP contribution < -0.4 is 0 Å². The van der Waals surface area contributed by atoms with Gasteiger partial charge in [-0.1, -0.05) is 0 Å². The van der Waals surface area contributed by atoms with Gasteiger partial charge in [-0.3, -0.25) is 9.89 Å². The molecule has 1 saturated heterocycles. The lowest BCUT2D eigenvalue weighted by Crippen LogP contribution is -2.23. The van der Waals surface area contributed by atoms with Crippen molar-refractivity contribution in [2.24, 2.45) is 5.92 Å². The molecule has 0 unspecified atom stereocenters. The number of hydrogen-bond donors (Lipinski definition) is 2. The molecular formula is C28H29F2N3O3. The Morgan fingerprint density at radius 1 is 1.08 bits per heavy atom. The zero-order chi connectivity index (χ0) is 25.0. The van der Waals surface area contributed by atoms with Gasteiger partial charge in [-0.2, -0.15) is 5.10 Å². The third-order valence-corrected chi connectivity index (χ3v) is 8.18. The Morgan fingerprint density at radius 3 is 2.53 bits per heavy atom. The number of ether oxygens (including phenoxy) is 1. The standard InChI is InChI=1S/C28H29F2N3O3/c1-15-12-20(6-7-21(15)29)33-22-13-19-14-31-32-26(19)25(30)24(22)23(27(33)17-8-10-36-11-9-17)16-2-4-18(5-3-16)28(34)35/h6-7,12-14,16-18H,2-5,8-11H2,1H3,(H,31,32)(H,34,35)/t16-,18-. The van der Waals surface area contributed by atoms with E-state index in [-0.39, 0.29) is 29.4 Å². The van der Waals surface area contributed by atoms with Gasteiger partial charge in [-0.25, -0.2) is 8.78 Å². The van der Waals surface area contributed by atoms with Gasteiger partial charge in [0.1, 0.15) is 11.3 Å². The van der Waals surface area contributed by atoms with Gasteiger partial charge in [0.05, 0.1) is 17.6 Å². The minimum Gasteiger partial charge on any atom is -0.481 e. The zero-order valence-electron chi connectivity index (χ0n) is 20.2. The van der Waals surface area contributed by atoms with E-state index in [0.29, 0.717) is 60.7 Å². The van der Waals surface area contributed by atoms with Gasteiger partial charge in [0, 0.05) is 41.3 Å². The molecule has 0 amide bonds. The van der Waals surface area contributed by atoms with Crippen LogP contribution in [0.25, 0.3) is 27.5 Å². The Hall–Kier alpha value is -3.26. The molecule has 4 aromatic rings. The minimum absolute atomic E-state index is 0.0404. The van der Waals surface area contributed by atoms with Crippen LogP contribution in [0.1, 0.15) is 67.2 Å². The predicted octanol–water partition coefficient (Wildman–Crippen LogP) is 6.35. The number of nitrogens with one attached hydrogen (secondary N) is 1. The van der Waals surface area contributed by atoms with Crippen molar-refractivity contribution >= 4 is 27.8 Å². The molecule has 36 heavy (non-hydrogen) atoms. The number of nitrogens with zero attached hydrogens (tertiary/aromatic N) is 2. The largest absolute Gasteiger partial charge is 0.481 e. The molecule has 2 fully saturated rings. The molecule has 6 nitrogen and oxygen atoms in total. The molecular weight excluding hydrogens is 464 g/mol. The first-order valence-corrected chi connectivity index (χ1v) is 12.7. The maximum Gasteiger partial charge on any atom is 0.306 e. The number of rotatable bonds is 4. The summed E-state index contributed by atoms with van der Waals surface area (Å²) in [5, 5.41) is 17.7. The van der Waals surface area contributed by atoms with Crippen molar-refractivity contribution in [3.63, 3.8) is 0 Å². The summed E-state index contributed by atoms with van der Waals surface area (Å²) in [5.41, 5.74) is 4.46. The summed E-state index contributed by atoms with van der Waals surface area (Å²) in [7, 11) is 0. The first-order chi connectivity index (χ1) is 17.4. The number of carbonyl (C=O) groups is 1. The van der Waals surface area contributed by atoms with Gasteiger partial charge < -0.3 is 14.4 Å². The van der Waals surface area contributed by atoms with Crippen LogP contribution in [0.5, 0.6) is 0 Å². The molecule has 2 N–H and O–H groups in total. The second kappa shape index (κ2) is 9.00. The maximum absolute atomic E-state index is 16.3. The number of fused-ring (bicyclic) bond motifs is 2. The van der Waals surface area contributed by atoms with Gasteiger partial charge in [-0.05, 0) is 86.8 Å². The molecule has 1 aliphatic heterocycles. The molecule has 0 atom stereocenters. The van der Waals surface area contributed by atoms with Crippen LogP contribution >= 0.6 is 0 Å². The molecule has 0 bridgehead atoms. The van der Waals surface area contributed by atoms with E-state index < -0.39 is 5.97 Å². The maximum atomic E-state index is 16.3. The van der Waals surface area contributed by atoms with Gasteiger partial charge in [0.2, 0.25) is 0 Å². The average molecular weight is 494 g/mol. The number of aromatic amines is 1. The van der Waals surface area contributed by atoms with E-state index in [1.807, 2.05) is 12.1 Å². The zero-order valence-corrected chi connectivity index (χ0v) is 20.2. The summed E-state index contributed by atoms with van der Waals surface area (Å²) >= 11 is 0. The Labute approximate surface area is 207 Å². The van der Waals surface area contributed by atoms with E-state index in [1.54, 1.807) is 19.2 Å². The highest BCUT2D eigenvalue weighted by Crippen LogP contribution is 2.48. The van der Waals surface area contributed by atoms with Crippen molar-refractivity contribution in [1.29, 1.82) is 0 Å². The Kier molecular flexibility index (Phi) is 5.79. The summed E-state index contributed by atoms with van der Waals surface area (Å²) in [6, 6.07) is 7.01. The molecule has 0 radical (unpaired) electrons. The quantitative estimate of drug-likeness (QED) is 0.347. The molecule has 3 heterocycles. The van der Waals surface area contributed by atoms with Gasteiger partial charge >= 0.3 is 5.97 Å². The molecule has 1 saturated carbocycles. The lowest BCUT2D eigenvalue weighted by atomic mass is 9.76. The summed E-state index contributed by atoms with van der Waals surface area (Å²) in [6.07, 6.45) is 5.78. The van der Waals surface area contributed by atoms with Crippen LogP contribution in [0.2, 0.25) is 0 Å². The van der Waals surface area contributed by atoms with E-state index in [1.165, 1.54) is 6.07 Å². The van der Waals surface area contributed by atoms with Crippen LogP contribution in [0.3, 0.4) is 0 Å². The fourth-order valence-electron chi connectivity index (χ4n) is 6.31. The SMILES string of the molecule is Cc1cc(-n2c(C3CCOCC3)c([C@H]3CC[C@H](C(=O)O)CC3)c3c(F)c4[nH]ncc4cc32)ccc1F. The lowest BCUT2D eigenvalue weighted by Gasteiger charge is -2.31. The first-order valence-electron chi connectivity index (χ1n) is 12.7. The first kappa shape index (κ1) is 23.2. The molecule has 8 heteroatoms. The van der Waals surface area contributed by atoms with Gasteiger partial charge in [-0.15, -0.1) is 0 Å². The fourth-order valence-corrected chi connectivity index (χ4v) is 6.31. The second-order valence-electron chi connectivity index (χ2n) is 10.3. The van der Waals surface area contributed by atoms with Crippen molar-refractivity contribution in [3.8, 4) is 5.69 Å². The number of aliphatic carboxylic acids is 1. The average Bonchev–Trinajstić information content (AvgIpc) is 3.50. The number of aromatic nitrogens is 3. The highest BCUT2D eigenvalue weighted by atomic mass is 19.1. The van der Waals surface area contributed by atoms with E-state index >= 15 is 4.39 Å². The molecule has 2 aromatic carbocycles. The molecule has 188 valence electrons. The summed E-state index contributed by atoms with van der Waals surface area (Å²) < 4.78 is 38.3.